The standard InChI is InChI=1S/C22H32N4O3/c1-3-25(4-2)15-18-10-8-9-17(13-18)14-23-19(27)16-26-20(28)22(24-21(26)29)11-6-5-7-12-22/h8-10,13H,3-7,11-12,14-16H2,1-2H3,(H,23,27)(H,24,29). The van der Waals surface area contributed by atoms with Crippen LogP contribution >= 0.6 is 0 Å². The minimum atomic E-state index is -0.783. The van der Waals surface area contributed by atoms with Gasteiger partial charge in [-0.1, -0.05) is 57.4 Å². The van der Waals surface area contributed by atoms with Crippen molar-refractivity contribution in [2.45, 2.75) is 64.6 Å². The molecular weight excluding hydrogens is 368 g/mol. The number of carbonyl (C=O) groups excluding carboxylic acids is 3. The van der Waals surface area contributed by atoms with Crippen molar-refractivity contribution in [2.24, 2.45) is 0 Å². The first-order valence-corrected chi connectivity index (χ1v) is 10.7. The molecule has 1 aliphatic carbocycles. The zero-order chi connectivity index (χ0) is 20.9. The highest BCUT2D eigenvalue weighted by Gasteiger charge is 2.51. The minimum absolute atomic E-state index is 0.231. The van der Waals surface area contributed by atoms with E-state index in [0.717, 1.165) is 49.4 Å². The van der Waals surface area contributed by atoms with Gasteiger partial charge < -0.3 is 10.6 Å². The molecule has 2 N–H and O–H groups in total. The summed E-state index contributed by atoms with van der Waals surface area (Å²) >= 11 is 0. The summed E-state index contributed by atoms with van der Waals surface area (Å²) in [5.74, 6) is -0.575. The number of urea groups is 1. The Balaban J connectivity index is 1.54. The van der Waals surface area contributed by atoms with E-state index in [2.05, 4.69) is 41.5 Å². The molecule has 2 aliphatic rings. The summed E-state index contributed by atoms with van der Waals surface area (Å²) in [4.78, 5) is 40.8. The second-order valence-electron chi connectivity index (χ2n) is 8.02. The van der Waals surface area contributed by atoms with Crippen LogP contribution < -0.4 is 10.6 Å². The van der Waals surface area contributed by atoms with Gasteiger partial charge in [-0.25, -0.2) is 4.79 Å². The summed E-state index contributed by atoms with van der Waals surface area (Å²) in [6.45, 7) is 7.28. The van der Waals surface area contributed by atoms with Gasteiger partial charge >= 0.3 is 6.03 Å². The van der Waals surface area contributed by atoms with Crippen LogP contribution in [0.15, 0.2) is 24.3 Å². The van der Waals surface area contributed by atoms with E-state index in [1.807, 2.05) is 12.1 Å². The van der Waals surface area contributed by atoms with Gasteiger partial charge in [0.2, 0.25) is 5.91 Å². The highest BCUT2D eigenvalue weighted by Crippen LogP contribution is 2.33. The van der Waals surface area contributed by atoms with Gasteiger partial charge in [0.15, 0.2) is 0 Å². The molecule has 1 saturated heterocycles. The van der Waals surface area contributed by atoms with Crippen LogP contribution in [-0.2, 0) is 22.7 Å². The Kier molecular flexibility index (Phi) is 6.90. The van der Waals surface area contributed by atoms with Crippen molar-refractivity contribution >= 4 is 17.8 Å². The van der Waals surface area contributed by atoms with E-state index >= 15 is 0 Å². The lowest BCUT2D eigenvalue weighted by atomic mass is 9.82. The van der Waals surface area contributed by atoms with Crippen LogP contribution in [0, 0.1) is 0 Å². The summed E-state index contributed by atoms with van der Waals surface area (Å²) in [7, 11) is 0. The molecule has 1 aromatic carbocycles. The number of nitrogens with one attached hydrogen (secondary N) is 2. The first-order chi connectivity index (χ1) is 14.0. The topological polar surface area (TPSA) is 81.8 Å². The monoisotopic (exact) mass is 400 g/mol. The van der Waals surface area contributed by atoms with Crippen molar-refractivity contribution in [3.05, 3.63) is 35.4 Å². The number of rotatable bonds is 8. The molecule has 0 unspecified atom stereocenters. The first-order valence-electron chi connectivity index (χ1n) is 10.7. The van der Waals surface area contributed by atoms with Gasteiger partial charge in [-0.15, -0.1) is 0 Å². The Morgan fingerprint density at radius 1 is 1.14 bits per heavy atom. The van der Waals surface area contributed by atoms with E-state index in [-0.39, 0.29) is 18.4 Å². The molecule has 1 aromatic rings. The van der Waals surface area contributed by atoms with Gasteiger partial charge in [0.1, 0.15) is 12.1 Å². The van der Waals surface area contributed by atoms with Crippen LogP contribution in [0.3, 0.4) is 0 Å². The largest absolute Gasteiger partial charge is 0.350 e. The average molecular weight is 401 g/mol. The Hall–Kier alpha value is -2.41. The van der Waals surface area contributed by atoms with Gasteiger partial charge in [0.25, 0.3) is 5.91 Å². The summed E-state index contributed by atoms with van der Waals surface area (Å²) < 4.78 is 0. The summed E-state index contributed by atoms with van der Waals surface area (Å²) in [6, 6.07) is 7.68. The molecule has 1 heterocycles. The molecule has 7 nitrogen and oxygen atoms in total. The van der Waals surface area contributed by atoms with Crippen molar-refractivity contribution in [2.75, 3.05) is 19.6 Å². The summed E-state index contributed by atoms with van der Waals surface area (Å²) in [5.41, 5.74) is 1.42. The van der Waals surface area contributed by atoms with Crippen molar-refractivity contribution in [1.82, 2.24) is 20.4 Å². The smallest absolute Gasteiger partial charge is 0.325 e. The van der Waals surface area contributed by atoms with E-state index in [1.165, 1.54) is 5.56 Å². The highest BCUT2D eigenvalue weighted by atomic mass is 16.2. The summed E-state index contributed by atoms with van der Waals surface area (Å²) in [6.07, 6.45) is 4.26. The van der Waals surface area contributed by atoms with E-state index in [4.69, 9.17) is 0 Å². The molecule has 3 rings (SSSR count). The molecule has 158 valence electrons. The van der Waals surface area contributed by atoms with Crippen LogP contribution in [-0.4, -0.2) is 52.8 Å². The van der Waals surface area contributed by atoms with Crippen LogP contribution in [0.2, 0.25) is 0 Å². The fourth-order valence-electron chi connectivity index (χ4n) is 4.26. The SMILES string of the molecule is CCN(CC)Cc1cccc(CNC(=O)CN2C(=O)NC3(CCCCC3)C2=O)c1. The maximum atomic E-state index is 12.8. The van der Waals surface area contributed by atoms with Gasteiger partial charge in [-0.2, -0.15) is 0 Å². The third-order valence-corrected chi connectivity index (χ3v) is 6.04. The number of benzene rings is 1. The number of hydrogen-bond donors (Lipinski definition) is 2. The van der Waals surface area contributed by atoms with Crippen LogP contribution in [0.25, 0.3) is 0 Å². The van der Waals surface area contributed by atoms with Gasteiger partial charge in [0, 0.05) is 13.1 Å². The average Bonchev–Trinajstić information content (AvgIpc) is 2.95. The number of imide groups is 1. The maximum Gasteiger partial charge on any atom is 0.325 e. The number of amides is 4. The number of hydrogen-bond acceptors (Lipinski definition) is 4. The van der Waals surface area contributed by atoms with E-state index in [0.29, 0.717) is 19.4 Å². The van der Waals surface area contributed by atoms with Crippen molar-refractivity contribution < 1.29 is 14.4 Å². The predicted molar refractivity (Wildman–Crippen MR) is 111 cm³/mol. The lowest BCUT2D eigenvalue weighted by Crippen LogP contribution is -2.49. The number of nitrogens with zero attached hydrogens (tertiary/aromatic N) is 2. The third kappa shape index (κ3) is 4.96. The molecule has 0 bridgehead atoms. The van der Waals surface area contributed by atoms with Gasteiger partial charge in [-0.3, -0.25) is 19.4 Å². The third-order valence-electron chi connectivity index (χ3n) is 6.04. The van der Waals surface area contributed by atoms with E-state index < -0.39 is 11.6 Å². The molecule has 4 amide bonds. The lowest BCUT2D eigenvalue weighted by Gasteiger charge is -2.30. The maximum absolute atomic E-state index is 12.8. The molecule has 7 heteroatoms. The quantitative estimate of drug-likeness (QED) is 0.657. The molecule has 2 fully saturated rings. The van der Waals surface area contributed by atoms with Crippen LogP contribution in [0.5, 0.6) is 0 Å². The number of carbonyl (C=O) groups is 3. The molecule has 29 heavy (non-hydrogen) atoms. The molecule has 1 spiro atoms. The van der Waals surface area contributed by atoms with Gasteiger partial charge in [-0.05, 0) is 37.1 Å². The van der Waals surface area contributed by atoms with Crippen molar-refractivity contribution in [3.63, 3.8) is 0 Å². The fourth-order valence-corrected chi connectivity index (χ4v) is 4.26. The van der Waals surface area contributed by atoms with E-state index in [1.54, 1.807) is 0 Å². The van der Waals surface area contributed by atoms with E-state index in [9.17, 15) is 14.4 Å². The minimum Gasteiger partial charge on any atom is -0.350 e. The molecule has 1 aliphatic heterocycles. The Bertz CT molecular complexity index is 754. The molecule has 0 radical (unpaired) electrons. The second kappa shape index (κ2) is 9.39. The zero-order valence-corrected chi connectivity index (χ0v) is 17.5. The predicted octanol–water partition coefficient (Wildman–Crippen LogP) is 2.40. The van der Waals surface area contributed by atoms with Crippen molar-refractivity contribution in [3.8, 4) is 0 Å². The van der Waals surface area contributed by atoms with Crippen LogP contribution in [0.4, 0.5) is 4.79 Å². The Labute approximate surface area is 172 Å². The molecule has 0 atom stereocenters. The Morgan fingerprint density at radius 3 is 2.52 bits per heavy atom. The normalized spacial score (nSPS) is 18.4. The molecular formula is C22H32N4O3. The lowest BCUT2D eigenvalue weighted by molar-refractivity contribution is -0.135. The molecule has 0 aromatic heterocycles. The Morgan fingerprint density at radius 2 is 1.83 bits per heavy atom. The zero-order valence-electron chi connectivity index (χ0n) is 17.5. The highest BCUT2D eigenvalue weighted by molar-refractivity contribution is 6.09. The second-order valence-corrected chi connectivity index (χ2v) is 8.02. The fraction of sp³-hybridized carbons (Fsp3) is 0.591. The van der Waals surface area contributed by atoms with Gasteiger partial charge in [0.05, 0.1) is 0 Å². The first kappa shape index (κ1) is 21.3. The van der Waals surface area contributed by atoms with Crippen LogP contribution in [0.1, 0.15) is 57.1 Å². The molecule has 1 saturated carbocycles. The summed E-state index contributed by atoms with van der Waals surface area (Å²) in [5, 5.41) is 5.68. The van der Waals surface area contributed by atoms with Crippen molar-refractivity contribution in [1.29, 1.82) is 0 Å².